The molecule has 0 unspecified atom stereocenters. The number of benzene rings is 1. The summed E-state index contributed by atoms with van der Waals surface area (Å²) in [6.07, 6.45) is 3.93. The van der Waals surface area contributed by atoms with Gasteiger partial charge in [-0.25, -0.2) is 4.99 Å². The lowest BCUT2D eigenvalue weighted by atomic mass is 9.85. The number of methoxy groups -OCH3 is 2. The second-order valence-electron chi connectivity index (χ2n) is 5.19. The second-order valence-corrected chi connectivity index (χ2v) is 6.05. The van der Waals surface area contributed by atoms with Gasteiger partial charge in [-0.3, -0.25) is 0 Å². The molecule has 1 aromatic carbocycles. The summed E-state index contributed by atoms with van der Waals surface area (Å²) in [6.45, 7) is 1.42. The van der Waals surface area contributed by atoms with Crippen molar-refractivity contribution in [2.45, 2.75) is 25.8 Å². The molecule has 0 bridgehead atoms. The molecule has 21 heavy (non-hydrogen) atoms. The zero-order valence-electron chi connectivity index (χ0n) is 12.5. The minimum Gasteiger partial charge on any atom is -0.493 e. The predicted octanol–water partition coefficient (Wildman–Crippen LogP) is 2.67. The lowest BCUT2D eigenvalue weighted by Gasteiger charge is -2.25. The highest BCUT2D eigenvalue weighted by Gasteiger charge is 2.16. The van der Waals surface area contributed by atoms with Crippen molar-refractivity contribution in [3.05, 3.63) is 22.2 Å². The van der Waals surface area contributed by atoms with Crippen LogP contribution in [0.4, 0.5) is 0 Å². The Balaban J connectivity index is 1.96. The Labute approximate surface area is 134 Å². The fraction of sp³-hybridized carbons (Fsp3) is 0.533. The summed E-state index contributed by atoms with van der Waals surface area (Å²) in [5.74, 6) is 2.61. The summed E-state index contributed by atoms with van der Waals surface area (Å²) < 4.78 is 11.4. The molecule has 3 N–H and O–H groups in total. The Morgan fingerprint density at radius 3 is 2.71 bits per heavy atom. The Morgan fingerprint density at radius 2 is 2.14 bits per heavy atom. The van der Waals surface area contributed by atoms with Gasteiger partial charge >= 0.3 is 0 Å². The van der Waals surface area contributed by atoms with Gasteiger partial charge in [0, 0.05) is 6.54 Å². The van der Waals surface area contributed by atoms with E-state index in [9.17, 15) is 0 Å². The van der Waals surface area contributed by atoms with Gasteiger partial charge in [0.05, 0.1) is 25.2 Å². The van der Waals surface area contributed by atoms with Crippen LogP contribution >= 0.6 is 15.9 Å². The smallest absolute Gasteiger partial charge is 0.188 e. The van der Waals surface area contributed by atoms with Crippen molar-refractivity contribution in [2.75, 3.05) is 20.8 Å². The van der Waals surface area contributed by atoms with E-state index in [-0.39, 0.29) is 0 Å². The third-order valence-electron chi connectivity index (χ3n) is 3.72. The normalized spacial score (nSPS) is 15.5. The number of guanidine groups is 1. The summed E-state index contributed by atoms with van der Waals surface area (Å²) in [6, 6.07) is 3.87. The third kappa shape index (κ3) is 4.27. The molecular weight excluding hydrogens is 334 g/mol. The van der Waals surface area contributed by atoms with Crippen molar-refractivity contribution in [1.29, 1.82) is 0 Å². The number of nitrogens with one attached hydrogen (secondary N) is 1. The van der Waals surface area contributed by atoms with Crippen molar-refractivity contribution >= 4 is 21.9 Å². The molecule has 1 aliphatic carbocycles. The summed E-state index contributed by atoms with van der Waals surface area (Å²) in [5, 5.41) is 3.18. The number of nitrogens with zero attached hydrogens (tertiary/aromatic N) is 1. The molecule has 0 spiro atoms. The maximum Gasteiger partial charge on any atom is 0.188 e. The van der Waals surface area contributed by atoms with Gasteiger partial charge in [-0.15, -0.1) is 0 Å². The van der Waals surface area contributed by atoms with Gasteiger partial charge < -0.3 is 20.5 Å². The molecule has 0 radical (unpaired) electrons. The van der Waals surface area contributed by atoms with E-state index in [1.54, 1.807) is 14.2 Å². The van der Waals surface area contributed by atoms with Gasteiger partial charge in [-0.1, -0.05) is 6.42 Å². The topological polar surface area (TPSA) is 68.9 Å². The maximum absolute atomic E-state index is 5.88. The van der Waals surface area contributed by atoms with E-state index in [0.717, 1.165) is 22.5 Å². The number of hydrogen-bond acceptors (Lipinski definition) is 3. The molecule has 0 aliphatic heterocycles. The molecule has 0 aromatic heterocycles. The standard InChI is InChI=1S/C15H22BrN3O2/c1-20-13-7-11(6-12(16)14(13)21-2)9-19-15(17)18-8-10-4-3-5-10/h6-7,10H,3-5,8-9H2,1-2H3,(H3,17,18,19). The molecular formula is C15H22BrN3O2. The average molecular weight is 356 g/mol. The first-order valence-electron chi connectivity index (χ1n) is 7.08. The van der Waals surface area contributed by atoms with Crippen LogP contribution in [0.1, 0.15) is 24.8 Å². The van der Waals surface area contributed by atoms with Crippen LogP contribution < -0.4 is 20.5 Å². The first kappa shape index (κ1) is 15.9. The number of ether oxygens (including phenoxy) is 2. The van der Waals surface area contributed by atoms with Gasteiger partial charge in [-0.2, -0.15) is 0 Å². The number of rotatable bonds is 6. The monoisotopic (exact) mass is 355 g/mol. The molecule has 0 saturated heterocycles. The van der Waals surface area contributed by atoms with Crippen LogP contribution in [0.2, 0.25) is 0 Å². The van der Waals surface area contributed by atoms with Gasteiger partial charge in [-0.05, 0) is 52.4 Å². The first-order chi connectivity index (χ1) is 10.1. The van der Waals surface area contributed by atoms with E-state index in [1.165, 1.54) is 19.3 Å². The fourth-order valence-electron chi connectivity index (χ4n) is 2.24. The van der Waals surface area contributed by atoms with Crippen LogP contribution in [0.25, 0.3) is 0 Å². The van der Waals surface area contributed by atoms with Crippen molar-refractivity contribution in [3.63, 3.8) is 0 Å². The quantitative estimate of drug-likeness (QED) is 0.607. The van der Waals surface area contributed by atoms with Crippen LogP contribution in [-0.4, -0.2) is 26.7 Å². The van der Waals surface area contributed by atoms with Gasteiger partial charge in [0.1, 0.15) is 0 Å². The predicted molar refractivity (Wildman–Crippen MR) is 87.9 cm³/mol. The Morgan fingerprint density at radius 1 is 1.38 bits per heavy atom. The Kier molecular flexibility index (Phi) is 5.73. The minimum absolute atomic E-state index is 0.493. The molecule has 1 aromatic rings. The van der Waals surface area contributed by atoms with Crippen molar-refractivity contribution in [2.24, 2.45) is 16.6 Å². The molecule has 1 saturated carbocycles. The van der Waals surface area contributed by atoms with Gasteiger partial charge in [0.25, 0.3) is 0 Å². The molecule has 0 atom stereocenters. The van der Waals surface area contributed by atoms with Crippen LogP contribution in [0.3, 0.4) is 0 Å². The highest BCUT2D eigenvalue weighted by Crippen LogP contribution is 2.36. The first-order valence-corrected chi connectivity index (χ1v) is 7.87. The number of halogens is 1. The minimum atomic E-state index is 0.493. The largest absolute Gasteiger partial charge is 0.493 e. The second kappa shape index (κ2) is 7.54. The highest BCUT2D eigenvalue weighted by molar-refractivity contribution is 9.10. The zero-order chi connectivity index (χ0) is 15.2. The molecule has 116 valence electrons. The zero-order valence-corrected chi connectivity index (χ0v) is 14.1. The molecule has 1 aliphatic rings. The van der Waals surface area contributed by atoms with E-state index in [4.69, 9.17) is 15.2 Å². The van der Waals surface area contributed by atoms with Crippen LogP contribution in [-0.2, 0) is 6.54 Å². The number of nitrogens with two attached hydrogens (primary N) is 1. The molecule has 0 heterocycles. The van der Waals surface area contributed by atoms with E-state index >= 15 is 0 Å². The van der Waals surface area contributed by atoms with E-state index < -0.39 is 0 Å². The highest BCUT2D eigenvalue weighted by atomic mass is 79.9. The molecule has 5 nitrogen and oxygen atoms in total. The van der Waals surface area contributed by atoms with Gasteiger partial charge in [0.15, 0.2) is 17.5 Å². The maximum atomic E-state index is 5.88. The summed E-state index contributed by atoms with van der Waals surface area (Å²) in [5.41, 5.74) is 6.89. The molecule has 6 heteroatoms. The van der Waals surface area contributed by atoms with E-state index in [1.807, 2.05) is 12.1 Å². The third-order valence-corrected chi connectivity index (χ3v) is 4.31. The van der Waals surface area contributed by atoms with Crippen molar-refractivity contribution in [1.82, 2.24) is 5.32 Å². The van der Waals surface area contributed by atoms with Crippen molar-refractivity contribution in [3.8, 4) is 11.5 Å². The van der Waals surface area contributed by atoms with Crippen LogP contribution in [0.15, 0.2) is 21.6 Å². The summed E-state index contributed by atoms with van der Waals surface area (Å²) >= 11 is 3.47. The van der Waals surface area contributed by atoms with Crippen molar-refractivity contribution < 1.29 is 9.47 Å². The lowest BCUT2D eigenvalue weighted by molar-refractivity contribution is 0.315. The molecule has 0 amide bonds. The molecule has 2 rings (SSSR count). The lowest BCUT2D eigenvalue weighted by Crippen LogP contribution is -2.37. The summed E-state index contributed by atoms with van der Waals surface area (Å²) in [4.78, 5) is 4.36. The fourth-order valence-corrected chi connectivity index (χ4v) is 2.89. The Hall–Kier alpha value is -1.43. The van der Waals surface area contributed by atoms with E-state index in [0.29, 0.717) is 24.0 Å². The Bertz CT molecular complexity index is 516. The number of hydrogen-bond donors (Lipinski definition) is 2. The van der Waals surface area contributed by atoms with Crippen LogP contribution in [0, 0.1) is 5.92 Å². The number of aliphatic imine (C=N–C) groups is 1. The van der Waals surface area contributed by atoms with E-state index in [2.05, 4.69) is 26.2 Å². The summed E-state index contributed by atoms with van der Waals surface area (Å²) in [7, 11) is 3.23. The van der Waals surface area contributed by atoms with Gasteiger partial charge in [0.2, 0.25) is 0 Å². The molecule has 1 fully saturated rings. The van der Waals surface area contributed by atoms with Crippen LogP contribution in [0.5, 0.6) is 11.5 Å². The SMILES string of the molecule is COc1cc(CN=C(N)NCC2CCC2)cc(Br)c1OC. The average Bonchev–Trinajstić information content (AvgIpc) is 2.42.